The maximum atomic E-state index is 12.9. The molecule has 30 heavy (non-hydrogen) atoms. The lowest BCUT2D eigenvalue weighted by atomic mass is 9.78. The van der Waals surface area contributed by atoms with Gasteiger partial charge in [-0.15, -0.1) is 0 Å². The van der Waals surface area contributed by atoms with Crippen LogP contribution in [-0.2, 0) is 4.74 Å². The van der Waals surface area contributed by atoms with Gasteiger partial charge in [-0.25, -0.2) is 0 Å². The van der Waals surface area contributed by atoms with E-state index in [-0.39, 0.29) is 19.3 Å². The molecule has 1 saturated heterocycles. The summed E-state index contributed by atoms with van der Waals surface area (Å²) in [5, 5.41) is 14.9. The first-order chi connectivity index (χ1) is 13.2. The molecule has 0 spiro atoms. The lowest BCUT2D eigenvalue weighted by Gasteiger charge is -2.37. The lowest BCUT2D eigenvalue weighted by molar-refractivity contribution is -0.383. The molecule has 4 atom stereocenters. The zero-order chi connectivity index (χ0) is 24.1. The Labute approximate surface area is 162 Å². The average molecular weight is 474 g/mol. The fraction of sp³-hybridized carbons (Fsp3) is 1.00. The van der Waals surface area contributed by atoms with Crippen LogP contribution in [0.2, 0.25) is 0 Å². The van der Waals surface area contributed by atoms with Gasteiger partial charge in [0.1, 0.15) is 0 Å². The van der Waals surface area contributed by atoms with Crippen molar-refractivity contribution in [1.82, 2.24) is 0 Å². The first-order valence-corrected chi connectivity index (χ1v) is 8.28. The predicted molar refractivity (Wildman–Crippen MR) is 74.9 cm³/mol. The van der Waals surface area contributed by atoms with Crippen LogP contribution in [0.3, 0.4) is 0 Å². The highest BCUT2D eigenvalue weighted by atomic mass is 19.4. The highest BCUT2D eigenvalue weighted by molar-refractivity contribution is 5.16. The summed E-state index contributed by atoms with van der Waals surface area (Å²) in [6, 6.07) is 0. The summed E-state index contributed by atoms with van der Waals surface area (Å²) in [7, 11) is 1.00. The van der Waals surface area contributed by atoms with Gasteiger partial charge in [0.15, 0.2) is 0 Å². The van der Waals surface area contributed by atoms with Gasteiger partial charge in [0.05, 0.1) is 6.10 Å². The Hall–Kier alpha value is -0.960. The monoisotopic (exact) mass is 474 g/mol. The number of ether oxygens (including phenoxy) is 1. The molecular weight excluding hydrogens is 456 g/mol. The number of aliphatic hydroxyl groups is 2. The van der Waals surface area contributed by atoms with Gasteiger partial charge < -0.3 is 14.9 Å². The zero-order valence-electron chi connectivity index (χ0n) is 15.3. The zero-order valence-corrected chi connectivity index (χ0v) is 15.3. The second-order valence-electron chi connectivity index (χ2n) is 7.30. The Morgan fingerprint density at radius 2 is 1.13 bits per heavy atom. The molecule has 180 valence electrons. The topological polar surface area (TPSA) is 49.7 Å². The summed E-state index contributed by atoms with van der Waals surface area (Å²) < 4.78 is 150. The van der Waals surface area contributed by atoms with Gasteiger partial charge in [-0.3, -0.25) is 0 Å². The molecule has 2 saturated carbocycles. The van der Waals surface area contributed by atoms with E-state index in [0.717, 1.165) is 7.11 Å². The molecule has 2 N–H and O–H groups in total. The van der Waals surface area contributed by atoms with E-state index in [1.807, 2.05) is 0 Å². The van der Waals surface area contributed by atoms with Crippen molar-refractivity contribution in [3.63, 3.8) is 0 Å². The summed E-state index contributed by atoms with van der Waals surface area (Å²) in [6.07, 6.45) is -22.2. The Bertz CT molecular complexity index is 558. The molecule has 3 rings (SSSR count). The van der Waals surface area contributed by atoms with Crippen LogP contribution in [0, 0.1) is 17.8 Å². The van der Waals surface area contributed by atoms with Crippen molar-refractivity contribution in [1.29, 1.82) is 0 Å². The number of aliphatic hydroxyl groups excluding tert-OH is 1. The van der Waals surface area contributed by atoms with Gasteiger partial charge in [0.2, 0.25) is 0 Å². The molecule has 1 heterocycles. The Morgan fingerprint density at radius 3 is 1.37 bits per heavy atom. The standard InChI is InChI=1S/C10H10F6O.C4H4F6O.CH4O/c11-9(12,13)8(10(14,15)16)6-2-4-1-5(6)7(3-4)17-8;1-2(11,3(5,6)7)4(8,9)10;1-2/h4-7H,1-3H2;11H,1H3;2H,1H3/t4-,5+,6?,7?;;/m1../s1. The van der Waals surface area contributed by atoms with Crippen molar-refractivity contribution >= 4 is 0 Å². The summed E-state index contributed by atoms with van der Waals surface area (Å²) in [6.45, 7) is -0.340. The second-order valence-corrected chi connectivity index (χ2v) is 7.30. The van der Waals surface area contributed by atoms with Crippen LogP contribution in [0.5, 0.6) is 0 Å². The lowest BCUT2D eigenvalue weighted by Crippen LogP contribution is -2.60. The summed E-state index contributed by atoms with van der Waals surface area (Å²) in [5.41, 5.74) is -8.54. The molecule has 15 heteroatoms. The smallest absolute Gasteiger partial charge is 0.400 e. The Balaban J connectivity index is 0.000000304. The Morgan fingerprint density at radius 1 is 0.733 bits per heavy atom. The van der Waals surface area contributed by atoms with Crippen LogP contribution in [0.25, 0.3) is 0 Å². The molecule has 2 bridgehead atoms. The highest BCUT2D eigenvalue weighted by Gasteiger charge is 2.82. The third kappa shape index (κ3) is 4.20. The quantitative estimate of drug-likeness (QED) is 0.498. The minimum Gasteiger partial charge on any atom is -0.400 e. The number of halogens is 12. The molecule has 1 aliphatic heterocycles. The molecule has 3 aliphatic rings. The molecule has 0 aromatic carbocycles. The summed E-state index contributed by atoms with van der Waals surface area (Å²) in [4.78, 5) is 0. The molecule has 2 aliphatic carbocycles. The molecule has 0 aromatic rings. The molecule has 0 aromatic heterocycles. The number of alkyl halides is 12. The van der Waals surface area contributed by atoms with E-state index in [1.165, 1.54) is 0 Å². The van der Waals surface area contributed by atoms with Gasteiger partial charge in [0.25, 0.3) is 11.2 Å². The first kappa shape index (κ1) is 27.1. The molecule has 2 unspecified atom stereocenters. The highest BCUT2D eigenvalue weighted by Crippen LogP contribution is 2.67. The third-order valence-corrected chi connectivity index (χ3v) is 5.56. The molecule has 0 amide bonds. The number of hydrogen-bond acceptors (Lipinski definition) is 3. The SMILES string of the molecule is CC(O)(C(F)(F)F)C(F)(F)F.CO.FC(F)(F)C1(C(F)(F)F)OC2C[C@H]3CC1[C@@H]2C3. The number of hydrogen-bond donors (Lipinski definition) is 2. The summed E-state index contributed by atoms with van der Waals surface area (Å²) in [5.74, 6) is -2.03. The predicted octanol–water partition coefficient (Wildman–Crippen LogP) is 4.77. The first-order valence-electron chi connectivity index (χ1n) is 8.28. The minimum atomic E-state index is -5.69. The number of fused-ring (bicyclic) bond motifs is 1. The molecule has 3 nitrogen and oxygen atoms in total. The van der Waals surface area contributed by atoms with E-state index in [9.17, 15) is 52.7 Å². The van der Waals surface area contributed by atoms with E-state index in [2.05, 4.69) is 4.74 Å². The van der Waals surface area contributed by atoms with Gasteiger partial charge in [0, 0.05) is 13.0 Å². The average Bonchev–Trinajstić information content (AvgIpc) is 3.13. The van der Waals surface area contributed by atoms with Crippen molar-refractivity contribution < 1.29 is 67.6 Å². The van der Waals surface area contributed by atoms with E-state index in [0.29, 0.717) is 12.8 Å². The van der Waals surface area contributed by atoms with Gasteiger partial charge >= 0.3 is 24.7 Å². The minimum absolute atomic E-state index is 0.0137. The maximum absolute atomic E-state index is 12.9. The van der Waals surface area contributed by atoms with E-state index < -0.39 is 53.8 Å². The van der Waals surface area contributed by atoms with E-state index in [4.69, 9.17) is 10.2 Å². The fourth-order valence-corrected chi connectivity index (χ4v) is 4.09. The van der Waals surface area contributed by atoms with Crippen LogP contribution in [-0.4, -0.2) is 59.3 Å². The van der Waals surface area contributed by atoms with Crippen molar-refractivity contribution in [3.05, 3.63) is 0 Å². The van der Waals surface area contributed by atoms with Crippen LogP contribution >= 0.6 is 0 Å². The van der Waals surface area contributed by atoms with Gasteiger partial charge in [-0.1, -0.05) is 0 Å². The number of rotatable bonds is 0. The van der Waals surface area contributed by atoms with Crippen LogP contribution < -0.4 is 0 Å². The van der Waals surface area contributed by atoms with Crippen LogP contribution in [0.1, 0.15) is 26.2 Å². The van der Waals surface area contributed by atoms with E-state index >= 15 is 0 Å². The van der Waals surface area contributed by atoms with Crippen molar-refractivity contribution in [2.45, 2.75) is 68.2 Å². The largest absolute Gasteiger partial charge is 0.426 e. The third-order valence-electron chi connectivity index (χ3n) is 5.56. The second kappa shape index (κ2) is 7.87. The molecular formula is C15H18F12O3. The van der Waals surface area contributed by atoms with Gasteiger partial charge in [-0.2, -0.15) is 52.7 Å². The van der Waals surface area contributed by atoms with Crippen LogP contribution in [0.4, 0.5) is 52.7 Å². The van der Waals surface area contributed by atoms with E-state index in [1.54, 1.807) is 0 Å². The van der Waals surface area contributed by atoms with Crippen molar-refractivity contribution in [3.8, 4) is 0 Å². The summed E-state index contributed by atoms with van der Waals surface area (Å²) >= 11 is 0. The maximum Gasteiger partial charge on any atom is 0.426 e. The van der Waals surface area contributed by atoms with Crippen LogP contribution in [0.15, 0.2) is 0 Å². The van der Waals surface area contributed by atoms with Crippen molar-refractivity contribution in [2.24, 2.45) is 17.8 Å². The molecule has 0 radical (unpaired) electrons. The molecule has 3 fully saturated rings. The fourth-order valence-electron chi connectivity index (χ4n) is 4.09. The van der Waals surface area contributed by atoms with Gasteiger partial charge in [-0.05, 0) is 38.0 Å². The Kier molecular flexibility index (Phi) is 7.10. The van der Waals surface area contributed by atoms with Crippen molar-refractivity contribution in [2.75, 3.05) is 7.11 Å². The normalized spacial score (nSPS) is 30.4.